The summed E-state index contributed by atoms with van der Waals surface area (Å²) in [5.74, 6) is 0. The summed E-state index contributed by atoms with van der Waals surface area (Å²) in [5, 5.41) is 0. The Morgan fingerprint density at radius 2 is 1.44 bits per heavy atom. The van der Waals surface area contributed by atoms with Gasteiger partial charge in [0.05, 0.1) is 0 Å². The van der Waals surface area contributed by atoms with Crippen molar-refractivity contribution < 1.29 is 0 Å². The molecule has 0 aliphatic heterocycles. The fourth-order valence-corrected chi connectivity index (χ4v) is 1.42. The van der Waals surface area contributed by atoms with Gasteiger partial charge in [-0.1, -0.05) is 37.8 Å². The maximum Gasteiger partial charge on any atom is -0.0201 e. The lowest BCUT2D eigenvalue weighted by Crippen LogP contribution is -1.89. The molecule has 16 heavy (non-hydrogen) atoms. The molecule has 1 aromatic carbocycles. The molecule has 1 aromatic rings. The lowest BCUT2D eigenvalue weighted by molar-refractivity contribution is 1.28. The Labute approximate surface area is 102 Å². The third-order valence-corrected chi connectivity index (χ3v) is 2.30. The summed E-state index contributed by atoms with van der Waals surface area (Å²) in [5.41, 5.74) is 6.47. The van der Waals surface area contributed by atoms with E-state index in [9.17, 15) is 0 Å². The Bertz CT molecular complexity index is 357. The third-order valence-electron chi connectivity index (χ3n) is 2.30. The monoisotopic (exact) mass is 218 g/mol. The Morgan fingerprint density at radius 3 is 1.81 bits per heavy atom. The topological polar surface area (TPSA) is 0 Å². The van der Waals surface area contributed by atoms with Crippen molar-refractivity contribution in [3.8, 4) is 0 Å². The van der Waals surface area contributed by atoms with Crippen LogP contribution in [0.1, 0.15) is 43.5 Å². The fraction of sp³-hybridized carbons (Fsp3) is 0.375. The number of hydrogen-bond acceptors (Lipinski definition) is 0. The number of hydrogen-bond donors (Lipinski definition) is 0. The van der Waals surface area contributed by atoms with Gasteiger partial charge in [0.15, 0.2) is 0 Å². The molecule has 0 saturated carbocycles. The maximum absolute atomic E-state index is 3.96. The highest BCUT2D eigenvalue weighted by Crippen LogP contribution is 2.20. The third kappa shape index (κ3) is 4.97. The number of allylic oxidation sites excluding steroid dienone is 2. The van der Waals surface area contributed by atoms with E-state index >= 15 is 0 Å². The molecule has 0 atom stereocenters. The smallest absolute Gasteiger partial charge is 0.0201 e. The zero-order valence-electron chi connectivity index (χ0n) is 10.6. The van der Waals surface area contributed by atoms with Crippen LogP contribution in [0.2, 0.25) is 0 Å². The SMILES string of the molecule is C.C=C(C)c1cc(C)c(C)cc1C.C=CC. The van der Waals surface area contributed by atoms with Crippen molar-refractivity contribution in [2.75, 3.05) is 0 Å². The van der Waals surface area contributed by atoms with Crippen LogP contribution in [0.3, 0.4) is 0 Å². The van der Waals surface area contributed by atoms with E-state index in [1.54, 1.807) is 6.08 Å². The highest BCUT2D eigenvalue weighted by Gasteiger charge is 2.01. The lowest BCUT2D eigenvalue weighted by Gasteiger charge is -2.08. The van der Waals surface area contributed by atoms with E-state index in [1.165, 1.54) is 22.3 Å². The summed E-state index contributed by atoms with van der Waals surface area (Å²) in [4.78, 5) is 0. The van der Waals surface area contributed by atoms with E-state index in [-0.39, 0.29) is 7.43 Å². The number of aryl methyl sites for hydroxylation is 3. The lowest BCUT2D eigenvalue weighted by atomic mass is 9.97. The van der Waals surface area contributed by atoms with Crippen molar-refractivity contribution in [3.63, 3.8) is 0 Å². The van der Waals surface area contributed by atoms with E-state index in [0.29, 0.717) is 0 Å². The minimum Gasteiger partial charge on any atom is -0.103 e. The van der Waals surface area contributed by atoms with Crippen LogP contribution in [0.5, 0.6) is 0 Å². The molecule has 0 aliphatic rings. The van der Waals surface area contributed by atoms with Crippen LogP contribution >= 0.6 is 0 Å². The molecule has 0 bridgehead atoms. The van der Waals surface area contributed by atoms with Crippen LogP contribution in [-0.4, -0.2) is 0 Å². The van der Waals surface area contributed by atoms with Crippen LogP contribution in [0.25, 0.3) is 5.57 Å². The van der Waals surface area contributed by atoms with Crippen LogP contribution in [0, 0.1) is 20.8 Å². The van der Waals surface area contributed by atoms with Gasteiger partial charge < -0.3 is 0 Å². The molecule has 0 radical (unpaired) electrons. The molecule has 0 heterocycles. The van der Waals surface area contributed by atoms with E-state index in [0.717, 1.165) is 5.57 Å². The molecule has 0 aromatic heterocycles. The molecule has 0 saturated heterocycles. The molecular formula is C16H26. The molecule has 0 nitrogen and oxygen atoms in total. The van der Waals surface area contributed by atoms with Gasteiger partial charge in [-0.2, -0.15) is 0 Å². The first kappa shape index (κ1) is 17.1. The van der Waals surface area contributed by atoms with Gasteiger partial charge in [0.2, 0.25) is 0 Å². The summed E-state index contributed by atoms with van der Waals surface area (Å²) in [7, 11) is 0. The Morgan fingerprint density at radius 1 is 1.06 bits per heavy atom. The highest BCUT2D eigenvalue weighted by atomic mass is 14.1. The van der Waals surface area contributed by atoms with Gasteiger partial charge in [0, 0.05) is 0 Å². The molecule has 0 fully saturated rings. The summed E-state index contributed by atoms with van der Waals surface area (Å²) in [6.07, 6.45) is 1.75. The first-order chi connectivity index (χ1) is 6.93. The predicted molar refractivity (Wildman–Crippen MR) is 78.0 cm³/mol. The first-order valence-corrected chi connectivity index (χ1v) is 5.24. The molecular weight excluding hydrogens is 192 g/mol. The average Bonchev–Trinajstić information content (AvgIpc) is 2.12. The Hall–Kier alpha value is -1.30. The summed E-state index contributed by atoms with van der Waals surface area (Å²) in [6.45, 7) is 17.7. The minimum absolute atomic E-state index is 0. The van der Waals surface area contributed by atoms with Gasteiger partial charge in [-0.25, -0.2) is 0 Å². The van der Waals surface area contributed by atoms with Crippen molar-refractivity contribution in [1.82, 2.24) is 0 Å². The second-order valence-corrected chi connectivity index (χ2v) is 3.94. The summed E-state index contributed by atoms with van der Waals surface area (Å²) >= 11 is 0. The van der Waals surface area contributed by atoms with Crippen molar-refractivity contribution in [2.45, 2.75) is 42.0 Å². The number of benzene rings is 1. The van der Waals surface area contributed by atoms with Crippen LogP contribution < -0.4 is 0 Å². The fourth-order valence-electron chi connectivity index (χ4n) is 1.42. The molecule has 0 spiro atoms. The van der Waals surface area contributed by atoms with Crippen molar-refractivity contribution in [3.05, 3.63) is 53.6 Å². The second kappa shape index (κ2) is 7.92. The molecule has 0 aliphatic carbocycles. The zero-order chi connectivity index (χ0) is 12.0. The molecule has 0 N–H and O–H groups in total. The van der Waals surface area contributed by atoms with Crippen LogP contribution in [0.15, 0.2) is 31.4 Å². The minimum atomic E-state index is 0. The molecule has 0 heteroatoms. The van der Waals surface area contributed by atoms with E-state index < -0.39 is 0 Å². The van der Waals surface area contributed by atoms with Crippen LogP contribution in [0.4, 0.5) is 0 Å². The Balaban J connectivity index is 0. The maximum atomic E-state index is 3.96. The number of rotatable bonds is 1. The van der Waals surface area contributed by atoms with E-state index in [1.807, 2.05) is 6.92 Å². The van der Waals surface area contributed by atoms with Gasteiger partial charge in [-0.15, -0.1) is 6.58 Å². The quantitative estimate of drug-likeness (QED) is 0.548. The average molecular weight is 218 g/mol. The van der Waals surface area contributed by atoms with Crippen molar-refractivity contribution >= 4 is 5.57 Å². The molecule has 90 valence electrons. The second-order valence-electron chi connectivity index (χ2n) is 3.94. The van der Waals surface area contributed by atoms with Gasteiger partial charge >= 0.3 is 0 Å². The summed E-state index contributed by atoms with van der Waals surface area (Å²) < 4.78 is 0. The molecule has 0 unspecified atom stereocenters. The highest BCUT2D eigenvalue weighted by molar-refractivity contribution is 5.65. The first-order valence-electron chi connectivity index (χ1n) is 5.24. The van der Waals surface area contributed by atoms with Crippen molar-refractivity contribution in [1.29, 1.82) is 0 Å². The summed E-state index contributed by atoms with van der Waals surface area (Å²) in [6, 6.07) is 4.44. The van der Waals surface area contributed by atoms with Gasteiger partial charge in [-0.3, -0.25) is 0 Å². The van der Waals surface area contributed by atoms with Crippen molar-refractivity contribution in [2.24, 2.45) is 0 Å². The standard InChI is InChI=1S/C12H16.C3H6.CH4/c1-8(2)12-7-10(4)9(3)6-11(12)5;1-3-2;/h6-7H,1H2,2-5H3;3H,1H2,2H3;1H4. The van der Waals surface area contributed by atoms with Crippen LogP contribution in [-0.2, 0) is 0 Å². The predicted octanol–water partition coefficient (Wildman–Crippen LogP) is 5.47. The molecule has 0 amide bonds. The Kier molecular flexibility index (Phi) is 8.47. The van der Waals surface area contributed by atoms with Gasteiger partial charge in [0.1, 0.15) is 0 Å². The van der Waals surface area contributed by atoms with E-state index in [2.05, 4.69) is 53.0 Å². The van der Waals surface area contributed by atoms with Gasteiger partial charge in [-0.05, 0) is 56.9 Å². The molecule has 1 rings (SSSR count). The largest absolute Gasteiger partial charge is 0.103 e. The normalized spacial score (nSPS) is 8.31. The van der Waals surface area contributed by atoms with E-state index in [4.69, 9.17) is 0 Å². The zero-order valence-corrected chi connectivity index (χ0v) is 10.6. The van der Waals surface area contributed by atoms with Gasteiger partial charge in [0.25, 0.3) is 0 Å².